The van der Waals surface area contributed by atoms with E-state index >= 15 is 0 Å². The fourth-order valence-electron chi connectivity index (χ4n) is 3.17. The van der Waals surface area contributed by atoms with Gasteiger partial charge in [0, 0.05) is 47.8 Å². The summed E-state index contributed by atoms with van der Waals surface area (Å²) in [7, 11) is 2.00. The van der Waals surface area contributed by atoms with Gasteiger partial charge >= 0.3 is 6.03 Å². The summed E-state index contributed by atoms with van der Waals surface area (Å²) in [6.45, 7) is 0.686. The van der Waals surface area contributed by atoms with Crippen molar-refractivity contribution in [3.8, 4) is 0 Å². The number of aromatic nitrogens is 1. The van der Waals surface area contributed by atoms with Crippen LogP contribution in [0.3, 0.4) is 0 Å². The summed E-state index contributed by atoms with van der Waals surface area (Å²) >= 11 is 0. The zero-order valence-corrected chi connectivity index (χ0v) is 15.6. The van der Waals surface area contributed by atoms with Crippen LogP contribution in [0.15, 0.2) is 85.1 Å². The topological polar surface area (TPSA) is 58.1 Å². The van der Waals surface area contributed by atoms with Crippen LogP contribution in [-0.4, -0.2) is 10.6 Å². The molecule has 0 saturated heterocycles. The largest absolute Gasteiger partial charge is 0.381 e. The van der Waals surface area contributed by atoms with Crippen LogP contribution < -0.4 is 16.0 Å². The minimum Gasteiger partial charge on any atom is -0.381 e. The molecule has 0 aliphatic rings. The predicted molar refractivity (Wildman–Crippen MR) is 116 cm³/mol. The highest BCUT2D eigenvalue weighted by Gasteiger charge is 2.05. The zero-order chi connectivity index (χ0) is 19.3. The molecule has 28 heavy (non-hydrogen) atoms. The van der Waals surface area contributed by atoms with E-state index in [0.29, 0.717) is 6.54 Å². The summed E-state index contributed by atoms with van der Waals surface area (Å²) in [6.07, 6.45) is 2.00. The van der Waals surface area contributed by atoms with Gasteiger partial charge in [-0.05, 0) is 54.1 Å². The van der Waals surface area contributed by atoms with Gasteiger partial charge in [-0.1, -0.05) is 30.3 Å². The van der Waals surface area contributed by atoms with Gasteiger partial charge in [0.1, 0.15) is 0 Å². The number of carbonyl (C=O) groups excluding carboxylic acids is 1. The molecule has 0 aliphatic heterocycles. The number of hydrogen-bond donors (Lipinski definition) is 3. The first-order chi connectivity index (χ1) is 13.7. The van der Waals surface area contributed by atoms with Crippen LogP contribution in [0.25, 0.3) is 10.9 Å². The number of amides is 2. The number of fused-ring (bicyclic) bond motifs is 1. The molecule has 5 heteroatoms. The molecule has 3 aromatic carbocycles. The molecule has 2 amide bonds. The number of carbonyl (C=O) groups is 1. The molecule has 1 heterocycles. The van der Waals surface area contributed by atoms with Crippen molar-refractivity contribution in [1.82, 2.24) is 4.57 Å². The smallest absolute Gasteiger partial charge is 0.323 e. The van der Waals surface area contributed by atoms with Crippen molar-refractivity contribution in [3.63, 3.8) is 0 Å². The van der Waals surface area contributed by atoms with Crippen LogP contribution in [0.5, 0.6) is 0 Å². The van der Waals surface area contributed by atoms with Crippen molar-refractivity contribution in [2.75, 3.05) is 16.0 Å². The van der Waals surface area contributed by atoms with Crippen molar-refractivity contribution < 1.29 is 4.79 Å². The molecule has 0 radical (unpaired) electrons. The molecular weight excluding hydrogens is 348 g/mol. The van der Waals surface area contributed by atoms with Crippen molar-refractivity contribution in [1.29, 1.82) is 0 Å². The maximum atomic E-state index is 12.4. The van der Waals surface area contributed by atoms with E-state index in [4.69, 9.17) is 0 Å². The molecule has 0 atom stereocenters. The van der Waals surface area contributed by atoms with Gasteiger partial charge in [0.05, 0.1) is 0 Å². The highest BCUT2D eigenvalue weighted by molar-refractivity contribution is 6.01. The molecular formula is C23H22N4O. The number of nitrogens with one attached hydrogen (secondary N) is 3. The van der Waals surface area contributed by atoms with Crippen molar-refractivity contribution in [3.05, 3.63) is 90.6 Å². The second kappa shape index (κ2) is 7.88. The number of urea groups is 1. The third-order valence-electron chi connectivity index (χ3n) is 4.60. The summed E-state index contributed by atoms with van der Waals surface area (Å²) in [5, 5.41) is 10.3. The summed E-state index contributed by atoms with van der Waals surface area (Å²) in [4.78, 5) is 12.4. The molecule has 0 bridgehead atoms. The molecule has 0 aliphatic carbocycles. The number of nitrogens with zero attached hydrogens (tertiary/aromatic N) is 1. The quantitative estimate of drug-likeness (QED) is 0.438. The molecule has 140 valence electrons. The maximum Gasteiger partial charge on any atom is 0.323 e. The summed E-state index contributed by atoms with van der Waals surface area (Å²) < 4.78 is 2.05. The van der Waals surface area contributed by atoms with Gasteiger partial charge in [0.15, 0.2) is 0 Å². The standard InChI is InChI=1S/C23H22N4O/c1-27-13-12-18-15-21(10-11-22(18)27)26-23(28)25-20-9-5-6-17(14-20)16-24-19-7-3-2-4-8-19/h2-15,24H,16H2,1H3,(H2,25,26,28). The number of aryl methyl sites for hydroxylation is 1. The Bertz CT molecular complexity index is 1100. The maximum absolute atomic E-state index is 12.4. The van der Waals surface area contributed by atoms with Crippen LogP contribution in [0.4, 0.5) is 21.9 Å². The molecule has 0 fully saturated rings. The summed E-state index contributed by atoms with van der Waals surface area (Å²) in [6, 6.07) is 25.5. The number of para-hydroxylation sites is 1. The lowest BCUT2D eigenvalue weighted by molar-refractivity contribution is 0.262. The highest BCUT2D eigenvalue weighted by Crippen LogP contribution is 2.20. The lowest BCUT2D eigenvalue weighted by Crippen LogP contribution is -2.19. The molecule has 5 nitrogen and oxygen atoms in total. The third-order valence-corrected chi connectivity index (χ3v) is 4.60. The second-order valence-electron chi connectivity index (χ2n) is 6.70. The number of rotatable bonds is 5. The lowest BCUT2D eigenvalue weighted by atomic mass is 10.2. The first-order valence-corrected chi connectivity index (χ1v) is 9.18. The number of anilines is 3. The van der Waals surface area contributed by atoms with E-state index in [1.165, 1.54) is 0 Å². The van der Waals surface area contributed by atoms with E-state index in [2.05, 4.69) is 16.0 Å². The molecule has 0 spiro atoms. The summed E-state index contributed by atoms with van der Waals surface area (Å²) in [5.41, 5.74) is 4.80. The Morgan fingerprint density at radius 1 is 0.821 bits per heavy atom. The number of hydrogen-bond acceptors (Lipinski definition) is 2. The Hall–Kier alpha value is -3.73. The average molecular weight is 370 g/mol. The normalized spacial score (nSPS) is 10.6. The van der Waals surface area contributed by atoms with Crippen LogP contribution in [0.2, 0.25) is 0 Å². The van der Waals surface area contributed by atoms with Gasteiger partial charge in [0.25, 0.3) is 0 Å². The van der Waals surface area contributed by atoms with Crippen LogP contribution in [-0.2, 0) is 13.6 Å². The van der Waals surface area contributed by atoms with Crippen LogP contribution in [0, 0.1) is 0 Å². The van der Waals surface area contributed by atoms with Gasteiger partial charge in [-0.25, -0.2) is 4.79 Å². The fourth-order valence-corrected chi connectivity index (χ4v) is 3.17. The first kappa shape index (κ1) is 17.7. The van der Waals surface area contributed by atoms with Gasteiger partial charge in [0.2, 0.25) is 0 Å². The van der Waals surface area contributed by atoms with Gasteiger partial charge in [-0.3, -0.25) is 0 Å². The SMILES string of the molecule is Cn1ccc2cc(NC(=O)Nc3cccc(CNc4ccccc4)c3)ccc21. The number of benzene rings is 3. The molecule has 0 unspecified atom stereocenters. The molecule has 4 aromatic rings. The van der Waals surface area contributed by atoms with Crippen molar-refractivity contribution >= 4 is 34.0 Å². The molecule has 3 N–H and O–H groups in total. The van der Waals surface area contributed by atoms with Gasteiger partial charge < -0.3 is 20.5 Å². The van der Waals surface area contributed by atoms with E-state index in [1.54, 1.807) is 0 Å². The lowest BCUT2D eigenvalue weighted by Gasteiger charge is -2.10. The van der Waals surface area contributed by atoms with Gasteiger partial charge in [-0.2, -0.15) is 0 Å². The molecule has 1 aromatic heterocycles. The van der Waals surface area contributed by atoms with Crippen LogP contribution in [0.1, 0.15) is 5.56 Å². The van der Waals surface area contributed by atoms with E-state index in [1.807, 2.05) is 96.7 Å². The van der Waals surface area contributed by atoms with E-state index < -0.39 is 0 Å². The van der Waals surface area contributed by atoms with E-state index in [0.717, 1.165) is 33.5 Å². The molecule has 4 rings (SSSR count). The minimum atomic E-state index is -0.261. The minimum absolute atomic E-state index is 0.261. The van der Waals surface area contributed by atoms with Crippen molar-refractivity contribution in [2.45, 2.75) is 6.54 Å². The Morgan fingerprint density at radius 2 is 1.57 bits per heavy atom. The summed E-state index contributed by atoms with van der Waals surface area (Å²) in [5.74, 6) is 0. The predicted octanol–water partition coefficient (Wildman–Crippen LogP) is 5.43. The van der Waals surface area contributed by atoms with E-state index in [-0.39, 0.29) is 6.03 Å². The van der Waals surface area contributed by atoms with Gasteiger partial charge in [-0.15, -0.1) is 0 Å². The molecule has 0 saturated carbocycles. The zero-order valence-electron chi connectivity index (χ0n) is 15.6. The second-order valence-corrected chi connectivity index (χ2v) is 6.70. The fraction of sp³-hybridized carbons (Fsp3) is 0.0870. The third kappa shape index (κ3) is 4.15. The monoisotopic (exact) mass is 370 g/mol. The van der Waals surface area contributed by atoms with E-state index in [9.17, 15) is 4.79 Å². The highest BCUT2D eigenvalue weighted by atomic mass is 16.2. The van der Waals surface area contributed by atoms with Crippen molar-refractivity contribution in [2.24, 2.45) is 7.05 Å². The Kier molecular flexibility index (Phi) is 4.97. The Morgan fingerprint density at radius 3 is 2.39 bits per heavy atom. The first-order valence-electron chi connectivity index (χ1n) is 9.18. The Labute approximate surface area is 164 Å². The Balaban J connectivity index is 1.38. The average Bonchev–Trinajstić information content (AvgIpc) is 3.07. The van der Waals surface area contributed by atoms with Crippen LogP contribution >= 0.6 is 0 Å².